The van der Waals surface area contributed by atoms with Gasteiger partial charge in [-0.3, -0.25) is 4.79 Å². The van der Waals surface area contributed by atoms with E-state index >= 15 is 4.39 Å². The number of nitrogen functional groups attached to an aromatic ring is 1. The molecule has 0 unspecified atom stereocenters. The molecule has 0 saturated carbocycles. The third kappa shape index (κ3) is 4.11. The van der Waals surface area contributed by atoms with Gasteiger partial charge in [0.1, 0.15) is 29.5 Å². The topological polar surface area (TPSA) is 128 Å². The van der Waals surface area contributed by atoms with Crippen molar-refractivity contribution in [1.29, 1.82) is 0 Å². The first-order valence-electron chi connectivity index (χ1n) is 12.3. The maximum Gasteiger partial charge on any atom is 0.355 e. The molecular weight excluding hydrogens is 501 g/mol. The normalized spacial score (nSPS) is 11.5. The maximum atomic E-state index is 15.4. The number of aromatic nitrogens is 3. The lowest BCUT2D eigenvalue weighted by atomic mass is 10.0. The van der Waals surface area contributed by atoms with Gasteiger partial charge in [0, 0.05) is 30.2 Å². The van der Waals surface area contributed by atoms with Crippen LogP contribution in [0.1, 0.15) is 16.1 Å². The minimum absolute atomic E-state index is 0.0944. The summed E-state index contributed by atoms with van der Waals surface area (Å²) < 4.78 is 28.4. The number of likely N-dealkylation sites (N-methyl/N-ethyl adjacent to an activating group) is 1. The average molecular weight is 526 g/mol. The highest BCUT2D eigenvalue weighted by atomic mass is 19.1. The fourth-order valence-corrected chi connectivity index (χ4v) is 5.05. The number of nitrogens with zero attached hydrogens (tertiary/aromatic N) is 2. The number of anilines is 1. The Bertz CT molecular complexity index is 1940. The Labute approximate surface area is 221 Å². The van der Waals surface area contributed by atoms with Gasteiger partial charge in [0.15, 0.2) is 0 Å². The molecule has 2 aromatic carbocycles. The van der Waals surface area contributed by atoms with Crippen LogP contribution in [0, 0.1) is 5.82 Å². The Morgan fingerprint density at radius 3 is 2.85 bits per heavy atom. The molecule has 0 radical (unpaired) electrons. The summed E-state index contributed by atoms with van der Waals surface area (Å²) in [6.45, 7) is 0.642. The number of H-pyrrole nitrogens is 1. The number of para-hydroxylation sites is 1. The highest BCUT2D eigenvalue weighted by Crippen LogP contribution is 2.41. The Morgan fingerprint density at radius 1 is 1.18 bits per heavy atom. The van der Waals surface area contributed by atoms with E-state index in [1.807, 2.05) is 24.3 Å². The molecule has 196 valence electrons. The molecule has 10 heteroatoms. The van der Waals surface area contributed by atoms with Gasteiger partial charge in [-0.25, -0.2) is 14.2 Å². The van der Waals surface area contributed by atoms with Gasteiger partial charge in [-0.2, -0.15) is 0 Å². The van der Waals surface area contributed by atoms with Crippen LogP contribution in [0.5, 0.6) is 0 Å². The van der Waals surface area contributed by atoms with Crippen LogP contribution in [0.25, 0.3) is 43.9 Å². The van der Waals surface area contributed by atoms with Crippen LogP contribution >= 0.6 is 0 Å². The minimum Gasteiger partial charge on any atom is -0.463 e. The zero-order chi connectivity index (χ0) is 27.1. The van der Waals surface area contributed by atoms with Gasteiger partial charge in [-0.15, -0.1) is 0 Å². The summed E-state index contributed by atoms with van der Waals surface area (Å²) in [6, 6.07) is 15.4. The van der Waals surface area contributed by atoms with E-state index in [9.17, 15) is 9.59 Å². The highest BCUT2D eigenvalue weighted by molar-refractivity contribution is 6.17. The quantitative estimate of drug-likeness (QED) is 0.208. The predicted molar refractivity (Wildman–Crippen MR) is 147 cm³/mol. The number of hydrogen-bond donors (Lipinski definition) is 3. The van der Waals surface area contributed by atoms with Crippen molar-refractivity contribution >= 4 is 44.6 Å². The number of aromatic amines is 1. The molecule has 4 N–H and O–H groups in total. The van der Waals surface area contributed by atoms with Gasteiger partial charge in [-0.1, -0.05) is 18.2 Å². The molecule has 0 amide bonds. The molecule has 0 aliphatic carbocycles. The first-order chi connectivity index (χ1) is 19.0. The number of rotatable bonds is 7. The number of esters is 1. The Hall–Kier alpha value is -4.96. The second-order valence-electron chi connectivity index (χ2n) is 9.10. The van der Waals surface area contributed by atoms with Crippen LogP contribution in [0.15, 0.2) is 76.3 Å². The molecule has 0 atom stereocenters. The molecule has 0 saturated heterocycles. The summed E-state index contributed by atoms with van der Waals surface area (Å²) in [6.07, 6.45) is 2.88. The number of fused-ring (bicyclic) bond motifs is 4. The van der Waals surface area contributed by atoms with Crippen LogP contribution in [0.3, 0.4) is 0 Å². The monoisotopic (exact) mass is 525 g/mol. The third-order valence-corrected chi connectivity index (χ3v) is 6.73. The number of nitrogens with two attached hydrogens (primary N) is 1. The molecule has 4 aromatic heterocycles. The molecule has 6 rings (SSSR count). The number of benzene rings is 2. The lowest BCUT2D eigenvalue weighted by Crippen LogP contribution is -2.20. The Morgan fingerprint density at radius 2 is 2.03 bits per heavy atom. The zero-order valence-corrected chi connectivity index (χ0v) is 21.0. The summed E-state index contributed by atoms with van der Waals surface area (Å²) >= 11 is 0. The van der Waals surface area contributed by atoms with E-state index in [2.05, 4.69) is 15.3 Å². The molecule has 9 nitrogen and oxygen atoms in total. The largest absolute Gasteiger partial charge is 0.463 e. The average Bonchev–Trinajstić information content (AvgIpc) is 3.53. The molecule has 0 spiro atoms. The number of carbonyl (C=O) groups excluding carboxylic acids is 1. The predicted octanol–water partition coefficient (Wildman–Crippen LogP) is 4.44. The van der Waals surface area contributed by atoms with Gasteiger partial charge in [0.25, 0.3) is 5.56 Å². The van der Waals surface area contributed by atoms with E-state index in [0.29, 0.717) is 34.3 Å². The van der Waals surface area contributed by atoms with E-state index < -0.39 is 17.3 Å². The summed E-state index contributed by atoms with van der Waals surface area (Å²) in [5.41, 5.74) is 8.38. The Balaban J connectivity index is 1.72. The minimum atomic E-state index is -0.661. The third-order valence-electron chi connectivity index (χ3n) is 6.73. The molecular formula is C29H24FN5O4. The maximum absolute atomic E-state index is 15.4. The number of ether oxygens (including phenoxy) is 1. The summed E-state index contributed by atoms with van der Waals surface area (Å²) in [5, 5.41) is 4.43. The van der Waals surface area contributed by atoms with Crippen molar-refractivity contribution in [2.45, 2.75) is 6.54 Å². The smallest absolute Gasteiger partial charge is 0.355 e. The lowest BCUT2D eigenvalue weighted by Gasteiger charge is -2.14. The lowest BCUT2D eigenvalue weighted by molar-refractivity contribution is 0.0500. The van der Waals surface area contributed by atoms with Crippen LogP contribution in [-0.4, -0.2) is 40.7 Å². The number of furan rings is 1. The second-order valence-corrected chi connectivity index (χ2v) is 9.10. The van der Waals surface area contributed by atoms with E-state index in [-0.39, 0.29) is 35.4 Å². The van der Waals surface area contributed by atoms with Crippen LogP contribution in [0.2, 0.25) is 0 Å². The molecule has 6 aromatic rings. The van der Waals surface area contributed by atoms with Crippen molar-refractivity contribution in [3.05, 3.63) is 94.5 Å². The summed E-state index contributed by atoms with van der Waals surface area (Å²) in [4.78, 5) is 33.9. The van der Waals surface area contributed by atoms with E-state index in [1.165, 1.54) is 24.6 Å². The number of pyridine rings is 2. The number of carbonyl (C=O) groups is 1. The first kappa shape index (κ1) is 24.4. The summed E-state index contributed by atoms with van der Waals surface area (Å²) in [5.74, 6) is -0.878. The van der Waals surface area contributed by atoms with Crippen LogP contribution in [0.4, 0.5) is 10.2 Å². The van der Waals surface area contributed by atoms with Crippen LogP contribution < -0.4 is 16.6 Å². The van der Waals surface area contributed by atoms with Gasteiger partial charge in [0.05, 0.1) is 33.6 Å². The Kier molecular flexibility index (Phi) is 6.08. The fraction of sp³-hybridized carbons (Fsp3) is 0.138. The number of hydrogen-bond acceptors (Lipinski definition) is 7. The molecule has 0 aliphatic rings. The zero-order valence-electron chi connectivity index (χ0n) is 21.0. The van der Waals surface area contributed by atoms with Gasteiger partial charge >= 0.3 is 5.97 Å². The SMILES string of the molecule is CNCCOC(=O)c1c(-c2ccc[nH]c2=O)c2c3occc3c(F)cc2n1Cc1cc(N)nc2ccccc12. The van der Waals surface area contributed by atoms with E-state index in [1.54, 1.807) is 29.8 Å². The van der Waals surface area contributed by atoms with Gasteiger partial charge in [0.2, 0.25) is 0 Å². The second kappa shape index (κ2) is 9.73. The van der Waals surface area contributed by atoms with E-state index in [4.69, 9.17) is 14.9 Å². The van der Waals surface area contributed by atoms with Gasteiger partial charge < -0.3 is 29.8 Å². The molecule has 39 heavy (non-hydrogen) atoms. The van der Waals surface area contributed by atoms with Crippen molar-refractivity contribution in [3.63, 3.8) is 0 Å². The van der Waals surface area contributed by atoms with Crippen molar-refractivity contribution < 1.29 is 18.3 Å². The highest BCUT2D eigenvalue weighted by Gasteiger charge is 2.30. The van der Waals surface area contributed by atoms with Crippen molar-refractivity contribution in [3.8, 4) is 11.1 Å². The molecule has 0 aliphatic heterocycles. The fourth-order valence-electron chi connectivity index (χ4n) is 5.05. The van der Waals surface area contributed by atoms with E-state index in [0.717, 1.165) is 10.9 Å². The molecule has 0 bridgehead atoms. The number of halogens is 1. The summed E-state index contributed by atoms with van der Waals surface area (Å²) in [7, 11) is 1.75. The molecule has 4 heterocycles. The van der Waals surface area contributed by atoms with Crippen LogP contribution in [-0.2, 0) is 11.3 Å². The molecule has 0 fully saturated rings. The van der Waals surface area contributed by atoms with Gasteiger partial charge in [-0.05, 0) is 49.0 Å². The van der Waals surface area contributed by atoms with Crippen molar-refractivity contribution in [2.75, 3.05) is 25.9 Å². The number of nitrogens with one attached hydrogen (secondary N) is 2. The van der Waals surface area contributed by atoms with Crippen molar-refractivity contribution in [2.24, 2.45) is 0 Å². The first-order valence-corrected chi connectivity index (χ1v) is 12.3. The van der Waals surface area contributed by atoms with Crippen molar-refractivity contribution in [1.82, 2.24) is 19.9 Å². The standard InChI is InChI=1S/C29H24FN5O4/c1-32-10-12-39-29(37)26-24(19-6-4-9-33-28(19)36)25-22(14-20(30)18-8-11-38-27(18)25)35(26)15-16-13-23(31)34-21-7-3-2-5-17(16)21/h2-9,11,13-14,32H,10,12,15H2,1H3,(H2,31,34)(H,33,36).